The molecular weight excluding hydrogens is 353 g/mol. The van der Waals surface area contributed by atoms with Gasteiger partial charge in [0.05, 0.1) is 23.9 Å². The van der Waals surface area contributed by atoms with Crippen LogP contribution in [-0.2, 0) is 10.9 Å². The van der Waals surface area contributed by atoms with Crippen molar-refractivity contribution in [3.63, 3.8) is 0 Å². The second-order valence-corrected chi connectivity index (χ2v) is 5.15. The number of hydrazine groups is 1. The van der Waals surface area contributed by atoms with Gasteiger partial charge in [0.15, 0.2) is 0 Å². The van der Waals surface area contributed by atoms with Crippen LogP contribution in [0.15, 0.2) is 27.7 Å². The quantitative estimate of drug-likeness (QED) is 0.330. The molecule has 0 aromatic heterocycles. The summed E-state index contributed by atoms with van der Waals surface area (Å²) in [5.41, 5.74) is 1.27. The molecule has 5 nitrogen and oxygen atoms in total. The molecule has 4 N–H and O–H groups in total. The molecule has 0 aliphatic heterocycles. The van der Waals surface area contributed by atoms with Crippen molar-refractivity contribution in [2.24, 2.45) is 10.8 Å². The molecule has 0 bridgehead atoms. The van der Waals surface area contributed by atoms with Gasteiger partial charge in [-0.15, -0.1) is 0 Å². The van der Waals surface area contributed by atoms with Crippen LogP contribution in [0.4, 0.5) is 18.9 Å². The van der Waals surface area contributed by atoms with Crippen LogP contribution in [0.2, 0.25) is 0 Å². The summed E-state index contributed by atoms with van der Waals surface area (Å²) < 4.78 is 44.2. The predicted octanol–water partition coefficient (Wildman–Crippen LogP) is 2.73. The van der Waals surface area contributed by atoms with E-state index in [0.717, 1.165) is 6.07 Å². The number of hydrogen-bond donors (Lipinski definition) is 3. The Hall–Kier alpha value is -1.32. The van der Waals surface area contributed by atoms with Gasteiger partial charge in [0, 0.05) is 11.6 Å². The van der Waals surface area contributed by atoms with Gasteiger partial charge in [0.25, 0.3) is 0 Å². The lowest BCUT2D eigenvalue weighted by molar-refractivity contribution is -0.136. The number of aliphatic imine (C=N–C) groups is 1. The van der Waals surface area contributed by atoms with Crippen LogP contribution in [0.25, 0.3) is 0 Å². The van der Waals surface area contributed by atoms with Crippen LogP contribution in [0.1, 0.15) is 12.5 Å². The number of ether oxygens (including phenoxy) is 1. The number of rotatable bonds is 4. The summed E-state index contributed by atoms with van der Waals surface area (Å²) >= 11 is 3.02. The van der Waals surface area contributed by atoms with Crippen LogP contribution in [0, 0.1) is 0 Å². The highest BCUT2D eigenvalue weighted by Gasteiger charge is 2.34. The Morgan fingerprint density at radius 3 is 2.67 bits per heavy atom. The summed E-state index contributed by atoms with van der Waals surface area (Å²) in [6.07, 6.45) is -4.50. The van der Waals surface area contributed by atoms with Gasteiger partial charge in [-0.3, -0.25) is 5.43 Å². The van der Waals surface area contributed by atoms with Crippen LogP contribution in [0.5, 0.6) is 0 Å². The minimum atomic E-state index is -4.50. The van der Waals surface area contributed by atoms with E-state index >= 15 is 0 Å². The Kier molecular flexibility index (Phi) is 6.43. The summed E-state index contributed by atoms with van der Waals surface area (Å²) in [5.74, 6) is 5.30. The molecule has 1 unspecified atom stereocenters. The zero-order chi connectivity index (χ0) is 16.0. The number of nitrogens with zero attached hydrogens (tertiary/aromatic N) is 1. The monoisotopic (exact) mass is 368 g/mol. The number of guanidine groups is 1. The summed E-state index contributed by atoms with van der Waals surface area (Å²) in [6.45, 7) is 2.06. The first kappa shape index (κ1) is 17.7. The molecule has 0 heterocycles. The molecule has 0 spiro atoms. The molecule has 9 heteroatoms. The van der Waals surface area contributed by atoms with Gasteiger partial charge in [-0.2, -0.15) is 13.2 Å². The fourth-order valence-electron chi connectivity index (χ4n) is 1.59. The third kappa shape index (κ3) is 5.52. The van der Waals surface area contributed by atoms with Crippen molar-refractivity contribution in [2.45, 2.75) is 19.1 Å². The maximum atomic E-state index is 13.0. The molecule has 118 valence electrons. The number of anilines is 1. The molecular formula is C12H16BrF3N4O. The van der Waals surface area contributed by atoms with Crippen molar-refractivity contribution >= 4 is 27.6 Å². The second kappa shape index (κ2) is 7.62. The third-order valence-electron chi connectivity index (χ3n) is 2.43. The lowest BCUT2D eigenvalue weighted by Crippen LogP contribution is -2.38. The highest BCUT2D eigenvalue weighted by Crippen LogP contribution is 2.36. The van der Waals surface area contributed by atoms with Gasteiger partial charge >= 0.3 is 6.18 Å². The van der Waals surface area contributed by atoms with E-state index in [4.69, 9.17) is 10.6 Å². The second-order valence-electron chi connectivity index (χ2n) is 4.24. The predicted molar refractivity (Wildman–Crippen MR) is 78.9 cm³/mol. The molecule has 0 aliphatic carbocycles. The highest BCUT2D eigenvalue weighted by molar-refractivity contribution is 9.10. The van der Waals surface area contributed by atoms with Crippen LogP contribution in [0.3, 0.4) is 0 Å². The number of benzene rings is 1. The van der Waals surface area contributed by atoms with E-state index in [2.05, 4.69) is 31.7 Å². The third-order valence-corrected chi connectivity index (χ3v) is 2.93. The van der Waals surface area contributed by atoms with Gasteiger partial charge in [-0.25, -0.2) is 10.8 Å². The minimum Gasteiger partial charge on any atom is -0.382 e. The maximum absolute atomic E-state index is 13.0. The highest BCUT2D eigenvalue weighted by atomic mass is 79.9. The largest absolute Gasteiger partial charge is 0.418 e. The van der Waals surface area contributed by atoms with Crippen molar-refractivity contribution < 1.29 is 17.9 Å². The summed E-state index contributed by atoms with van der Waals surface area (Å²) in [6, 6.07) is 3.50. The van der Waals surface area contributed by atoms with Crippen LogP contribution >= 0.6 is 15.9 Å². The van der Waals surface area contributed by atoms with E-state index < -0.39 is 11.7 Å². The normalized spacial score (nSPS) is 14.0. The van der Waals surface area contributed by atoms with Gasteiger partial charge in [-0.05, 0) is 25.1 Å². The van der Waals surface area contributed by atoms with Crippen molar-refractivity contribution in [3.05, 3.63) is 28.2 Å². The van der Waals surface area contributed by atoms with E-state index in [1.807, 2.05) is 0 Å². The standard InChI is InChI=1S/C12H16BrF3N4O/c1-7(6-21-2)18-11(20-17)19-10-4-3-8(13)5-9(10)12(14,15)16/h3-5,7H,6,17H2,1-2H3,(H2,18,19,20). The van der Waals surface area contributed by atoms with E-state index in [0.29, 0.717) is 11.1 Å². The Morgan fingerprint density at radius 2 is 2.14 bits per heavy atom. The Bertz CT molecular complexity index is 508. The first-order chi connectivity index (χ1) is 9.77. The van der Waals surface area contributed by atoms with E-state index in [1.165, 1.54) is 19.2 Å². The van der Waals surface area contributed by atoms with Crippen molar-refractivity contribution in [1.82, 2.24) is 5.43 Å². The Balaban J connectivity index is 3.05. The molecule has 0 radical (unpaired) electrons. The van der Waals surface area contributed by atoms with E-state index in [1.54, 1.807) is 6.92 Å². The van der Waals surface area contributed by atoms with Crippen LogP contribution in [-0.4, -0.2) is 25.7 Å². The van der Waals surface area contributed by atoms with Crippen LogP contribution < -0.4 is 16.6 Å². The molecule has 1 rings (SSSR count). The Labute approximate surface area is 128 Å². The topological polar surface area (TPSA) is 71.7 Å². The lowest BCUT2D eigenvalue weighted by atomic mass is 10.1. The Morgan fingerprint density at radius 1 is 1.48 bits per heavy atom. The molecule has 0 fully saturated rings. The number of hydrogen-bond acceptors (Lipinski definition) is 3. The van der Waals surface area contributed by atoms with Gasteiger partial charge < -0.3 is 10.1 Å². The summed E-state index contributed by atoms with van der Waals surface area (Å²) in [4.78, 5) is 4.09. The molecule has 0 amide bonds. The van der Waals surface area contributed by atoms with E-state index in [-0.39, 0.29) is 17.7 Å². The maximum Gasteiger partial charge on any atom is 0.418 e. The van der Waals surface area contributed by atoms with E-state index in [9.17, 15) is 13.2 Å². The average molecular weight is 369 g/mol. The molecule has 21 heavy (non-hydrogen) atoms. The number of alkyl halides is 3. The molecule has 0 aliphatic rings. The van der Waals surface area contributed by atoms with Crippen molar-refractivity contribution in [1.29, 1.82) is 0 Å². The molecule has 0 saturated carbocycles. The summed E-state index contributed by atoms with van der Waals surface area (Å²) in [7, 11) is 1.51. The minimum absolute atomic E-state index is 0.0207. The molecule has 1 atom stereocenters. The fraction of sp³-hybridized carbons (Fsp3) is 0.417. The fourth-order valence-corrected chi connectivity index (χ4v) is 1.95. The van der Waals surface area contributed by atoms with Gasteiger partial charge in [0.2, 0.25) is 5.96 Å². The lowest BCUT2D eigenvalue weighted by Gasteiger charge is -2.17. The van der Waals surface area contributed by atoms with Gasteiger partial charge in [-0.1, -0.05) is 15.9 Å². The number of halogens is 4. The zero-order valence-electron chi connectivity index (χ0n) is 11.5. The molecule has 1 aromatic rings. The van der Waals surface area contributed by atoms with Crippen molar-refractivity contribution in [3.8, 4) is 0 Å². The first-order valence-electron chi connectivity index (χ1n) is 5.95. The average Bonchev–Trinajstić information content (AvgIpc) is 2.39. The van der Waals surface area contributed by atoms with Crippen molar-refractivity contribution in [2.75, 3.05) is 19.0 Å². The number of nitrogens with one attached hydrogen (secondary N) is 2. The smallest absolute Gasteiger partial charge is 0.382 e. The summed E-state index contributed by atoms with van der Waals surface area (Å²) in [5, 5.41) is 2.54. The number of nitrogens with two attached hydrogens (primary N) is 1. The zero-order valence-corrected chi connectivity index (χ0v) is 13.0. The first-order valence-corrected chi connectivity index (χ1v) is 6.74. The van der Waals surface area contributed by atoms with Gasteiger partial charge in [0.1, 0.15) is 0 Å². The molecule has 0 saturated heterocycles. The molecule has 1 aromatic carbocycles. The number of methoxy groups -OCH3 is 1. The SMILES string of the molecule is COCC(C)N=C(NN)Nc1ccc(Br)cc1C(F)(F)F.